The molecule has 29 heavy (non-hydrogen) atoms. The van der Waals surface area contributed by atoms with Crippen molar-refractivity contribution in [2.24, 2.45) is 0 Å². The molecule has 1 fully saturated rings. The number of aromatic nitrogens is 2. The van der Waals surface area contributed by atoms with Crippen molar-refractivity contribution < 1.29 is 17.9 Å². The Labute approximate surface area is 172 Å². The molecule has 0 spiro atoms. The highest BCUT2D eigenvalue weighted by Crippen LogP contribution is 2.22. The highest BCUT2D eigenvalue weighted by Gasteiger charge is 2.16. The summed E-state index contributed by atoms with van der Waals surface area (Å²) in [5, 5.41) is 0. The molecular formula is C20H28N4O4S. The van der Waals surface area contributed by atoms with Crippen LogP contribution in [0.5, 0.6) is 11.6 Å². The Balaban J connectivity index is 1.57. The van der Waals surface area contributed by atoms with Gasteiger partial charge in [-0.05, 0) is 56.9 Å². The first kappa shape index (κ1) is 21.3. The van der Waals surface area contributed by atoms with Crippen molar-refractivity contribution in [1.82, 2.24) is 14.7 Å². The molecule has 0 saturated carbocycles. The highest BCUT2D eigenvalue weighted by molar-refractivity contribution is 7.89. The Bertz CT molecular complexity index is 943. The number of piperidine rings is 1. The van der Waals surface area contributed by atoms with Crippen molar-refractivity contribution in [3.05, 3.63) is 35.7 Å². The second-order valence-corrected chi connectivity index (χ2v) is 8.80. The molecular weight excluding hydrogens is 392 g/mol. The van der Waals surface area contributed by atoms with E-state index in [0.717, 1.165) is 37.3 Å². The minimum Gasteiger partial charge on any atom is -0.496 e. The Morgan fingerprint density at radius 3 is 2.55 bits per heavy atom. The smallest absolute Gasteiger partial charge is 0.240 e. The second-order valence-electron chi connectivity index (χ2n) is 7.04. The lowest BCUT2D eigenvalue weighted by Gasteiger charge is -2.28. The molecule has 0 aliphatic carbocycles. The summed E-state index contributed by atoms with van der Waals surface area (Å²) in [5.41, 5.74) is 0.758. The van der Waals surface area contributed by atoms with E-state index < -0.39 is 10.0 Å². The number of benzene rings is 1. The van der Waals surface area contributed by atoms with E-state index in [1.807, 2.05) is 13.0 Å². The van der Waals surface area contributed by atoms with Crippen molar-refractivity contribution in [3.63, 3.8) is 0 Å². The fraction of sp³-hybridized carbons (Fsp3) is 0.500. The molecule has 1 aliphatic heterocycles. The summed E-state index contributed by atoms with van der Waals surface area (Å²) in [5.74, 6) is 2.60. The Morgan fingerprint density at radius 1 is 1.10 bits per heavy atom. The maximum absolute atomic E-state index is 12.5. The van der Waals surface area contributed by atoms with E-state index in [1.54, 1.807) is 26.2 Å². The average molecular weight is 421 g/mol. The predicted molar refractivity (Wildman–Crippen MR) is 111 cm³/mol. The number of ether oxygens (including phenoxy) is 2. The molecule has 1 N–H and O–H groups in total. The van der Waals surface area contributed by atoms with E-state index in [4.69, 9.17) is 9.47 Å². The maximum Gasteiger partial charge on any atom is 0.240 e. The van der Waals surface area contributed by atoms with Crippen LogP contribution in [-0.4, -0.2) is 51.7 Å². The van der Waals surface area contributed by atoms with Gasteiger partial charge in [-0.15, -0.1) is 0 Å². The summed E-state index contributed by atoms with van der Waals surface area (Å²) in [6.07, 6.45) is 3.56. The van der Waals surface area contributed by atoms with Crippen molar-refractivity contribution in [2.45, 2.75) is 38.0 Å². The zero-order chi connectivity index (χ0) is 20.9. The molecule has 2 aromatic rings. The molecule has 3 rings (SSSR count). The Hall–Kier alpha value is -2.39. The number of methoxy groups -OCH3 is 1. The van der Waals surface area contributed by atoms with Gasteiger partial charge in [-0.1, -0.05) is 0 Å². The van der Waals surface area contributed by atoms with E-state index in [0.29, 0.717) is 17.5 Å². The van der Waals surface area contributed by atoms with Gasteiger partial charge in [0.05, 0.1) is 12.0 Å². The van der Waals surface area contributed by atoms with Gasteiger partial charge in [0, 0.05) is 25.7 Å². The molecule has 1 aromatic heterocycles. The molecule has 0 radical (unpaired) electrons. The number of nitrogens with zero attached hydrogens (tertiary/aromatic N) is 3. The van der Waals surface area contributed by atoms with Crippen molar-refractivity contribution in [3.8, 4) is 11.6 Å². The van der Waals surface area contributed by atoms with Crippen LogP contribution in [0.25, 0.3) is 0 Å². The number of rotatable bonds is 8. The fourth-order valence-electron chi connectivity index (χ4n) is 3.32. The summed E-state index contributed by atoms with van der Waals surface area (Å²) in [7, 11) is -2.07. The number of sulfonamides is 1. The molecule has 2 heterocycles. The van der Waals surface area contributed by atoms with Crippen LogP contribution in [-0.2, 0) is 10.0 Å². The van der Waals surface area contributed by atoms with Crippen molar-refractivity contribution in [1.29, 1.82) is 0 Å². The molecule has 1 aliphatic rings. The van der Waals surface area contributed by atoms with Crippen molar-refractivity contribution in [2.75, 3.05) is 38.3 Å². The van der Waals surface area contributed by atoms with Crippen molar-refractivity contribution >= 4 is 15.8 Å². The first-order valence-electron chi connectivity index (χ1n) is 9.77. The number of anilines is 1. The molecule has 8 nitrogen and oxygen atoms in total. The van der Waals surface area contributed by atoms with E-state index in [1.165, 1.54) is 12.5 Å². The average Bonchev–Trinajstić information content (AvgIpc) is 2.71. The summed E-state index contributed by atoms with van der Waals surface area (Å²) < 4.78 is 38.4. The summed E-state index contributed by atoms with van der Waals surface area (Å²) in [6, 6.07) is 6.57. The monoisotopic (exact) mass is 420 g/mol. The molecule has 0 atom stereocenters. The van der Waals surface area contributed by atoms with Crippen LogP contribution in [0.15, 0.2) is 29.2 Å². The highest BCUT2D eigenvalue weighted by atomic mass is 32.2. The predicted octanol–water partition coefficient (Wildman–Crippen LogP) is 2.45. The third-order valence-corrected chi connectivity index (χ3v) is 6.26. The van der Waals surface area contributed by atoms with Crippen LogP contribution in [0, 0.1) is 13.8 Å². The van der Waals surface area contributed by atoms with Gasteiger partial charge < -0.3 is 14.4 Å². The summed E-state index contributed by atoms with van der Waals surface area (Å²) in [4.78, 5) is 11.2. The minimum atomic E-state index is -3.62. The van der Waals surface area contributed by atoms with Crippen LogP contribution < -0.4 is 19.1 Å². The van der Waals surface area contributed by atoms with E-state index in [-0.39, 0.29) is 18.0 Å². The largest absolute Gasteiger partial charge is 0.496 e. The number of hydrogen-bond acceptors (Lipinski definition) is 7. The molecule has 0 unspecified atom stereocenters. The van der Waals surface area contributed by atoms with E-state index in [9.17, 15) is 8.42 Å². The number of aryl methyl sites for hydroxylation is 2. The second kappa shape index (κ2) is 9.41. The third kappa shape index (κ3) is 5.57. The van der Waals surface area contributed by atoms with Gasteiger partial charge in [-0.2, -0.15) is 4.98 Å². The quantitative estimate of drug-likeness (QED) is 0.656. The first-order chi connectivity index (χ1) is 13.9. The van der Waals surface area contributed by atoms with Gasteiger partial charge in [0.15, 0.2) is 0 Å². The van der Waals surface area contributed by atoms with Gasteiger partial charge in [0.1, 0.15) is 24.0 Å². The van der Waals surface area contributed by atoms with Crippen LogP contribution >= 0.6 is 0 Å². The third-order valence-electron chi connectivity index (χ3n) is 4.80. The molecule has 158 valence electrons. The lowest BCUT2D eigenvalue weighted by atomic mass is 10.1. The lowest BCUT2D eigenvalue weighted by molar-refractivity contribution is 0.309. The zero-order valence-electron chi connectivity index (χ0n) is 17.1. The van der Waals surface area contributed by atoms with Crippen LogP contribution in [0.1, 0.15) is 30.7 Å². The molecule has 9 heteroatoms. The summed E-state index contributed by atoms with van der Waals surface area (Å²) in [6.45, 7) is 5.90. The topological polar surface area (TPSA) is 93.7 Å². The molecule has 1 saturated heterocycles. The Kier molecular flexibility index (Phi) is 6.92. The molecule has 1 aromatic carbocycles. The van der Waals surface area contributed by atoms with E-state index in [2.05, 4.69) is 19.6 Å². The van der Waals surface area contributed by atoms with Crippen LogP contribution in [0.3, 0.4) is 0 Å². The zero-order valence-corrected chi connectivity index (χ0v) is 18.0. The molecule has 0 bridgehead atoms. The Morgan fingerprint density at radius 2 is 1.86 bits per heavy atom. The van der Waals surface area contributed by atoms with Gasteiger partial charge in [0.2, 0.25) is 15.9 Å². The molecule has 0 amide bonds. The van der Waals surface area contributed by atoms with Crippen LogP contribution in [0.2, 0.25) is 0 Å². The number of hydrogen-bond donors (Lipinski definition) is 1. The van der Waals surface area contributed by atoms with Crippen LogP contribution in [0.4, 0.5) is 5.82 Å². The normalized spacial score (nSPS) is 14.7. The van der Waals surface area contributed by atoms with E-state index >= 15 is 0 Å². The lowest BCUT2D eigenvalue weighted by Crippen LogP contribution is -2.30. The SMILES string of the molecule is COc1ccc(S(=O)(=O)NCCOc2cc(N3CCCCC3)nc(C)n2)cc1C. The van der Waals surface area contributed by atoms with Gasteiger partial charge in [-0.3, -0.25) is 0 Å². The van der Waals surface area contributed by atoms with Gasteiger partial charge >= 0.3 is 0 Å². The minimum absolute atomic E-state index is 0.134. The summed E-state index contributed by atoms with van der Waals surface area (Å²) >= 11 is 0. The maximum atomic E-state index is 12.5. The number of nitrogens with one attached hydrogen (secondary N) is 1. The fourth-order valence-corrected chi connectivity index (χ4v) is 4.42. The first-order valence-corrected chi connectivity index (χ1v) is 11.2. The standard InChI is InChI=1S/C20H28N4O4S/c1-15-13-17(7-8-18(15)27-3)29(25,26)21-9-12-28-20-14-19(22-16(2)23-20)24-10-5-4-6-11-24/h7-8,13-14,21H,4-6,9-12H2,1-3H3. The van der Waals surface area contributed by atoms with Gasteiger partial charge in [-0.25, -0.2) is 18.1 Å². The van der Waals surface area contributed by atoms with Gasteiger partial charge in [0.25, 0.3) is 0 Å².